The molecule has 8 nitrogen and oxygen atoms in total. The first-order valence-electron chi connectivity index (χ1n) is 5.53. The molecular weight excluding hydrogens is 252 g/mol. The number of nitrogens with zero attached hydrogens (tertiary/aromatic N) is 3. The first-order chi connectivity index (χ1) is 9.02. The van der Waals surface area contributed by atoms with Crippen LogP contribution < -0.4 is 10.2 Å². The molecule has 0 aromatic carbocycles. The van der Waals surface area contributed by atoms with Crippen molar-refractivity contribution in [2.24, 2.45) is 0 Å². The minimum absolute atomic E-state index is 0.0191. The maximum Gasteiger partial charge on any atom is 0.358 e. The second kappa shape index (κ2) is 5.01. The molecule has 0 spiro atoms. The zero-order chi connectivity index (χ0) is 14.0. The van der Waals surface area contributed by atoms with Gasteiger partial charge < -0.3 is 9.64 Å². The van der Waals surface area contributed by atoms with Gasteiger partial charge in [0.05, 0.1) is 26.0 Å². The summed E-state index contributed by atoms with van der Waals surface area (Å²) in [5.74, 6) is -1.19. The van der Waals surface area contributed by atoms with E-state index in [2.05, 4.69) is 20.0 Å². The number of esters is 1. The Labute approximate surface area is 108 Å². The number of piperazine rings is 1. The van der Waals surface area contributed by atoms with E-state index in [0.717, 1.165) is 0 Å². The van der Waals surface area contributed by atoms with Crippen molar-refractivity contribution in [3.8, 4) is 0 Å². The maximum absolute atomic E-state index is 11.5. The SMILES string of the molecule is COC(=O)c1cncc(N2CC(=O)NC(=O)C2C)n1. The van der Waals surface area contributed by atoms with Gasteiger partial charge >= 0.3 is 5.97 Å². The van der Waals surface area contributed by atoms with Crippen molar-refractivity contribution in [3.05, 3.63) is 18.1 Å². The van der Waals surface area contributed by atoms with Crippen LogP contribution in [0.25, 0.3) is 0 Å². The number of amides is 2. The molecule has 1 saturated heterocycles. The van der Waals surface area contributed by atoms with Crippen molar-refractivity contribution in [2.45, 2.75) is 13.0 Å². The van der Waals surface area contributed by atoms with E-state index in [0.29, 0.717) is 0 Å². The van der Waals surface area contributed by atoms with E-state index in [1.807, 2.05) is 0 Å². The quantitative estimate of drug-likeness (QED) is 0.546. The molecule has 1 aliphatic rings. The molecule has 1 atom stereocenters. The van der Waals surface area contributed by atoms with Gasteiger partial charge in [-0.1, -0.05) is 0 Å². The maximum atomic E-state index is 11.5. The molecule has 1 N–H and O–H groups in total. The number of nitrogens with one attached hydrogen (secondary N) is 1. The molecule has 2 amide bonds. The third-order valence-electron chi connectivity index (χ3n) is 2.73. The van der Waals surface area contributed by atoms with Crippen LogP contribution in [0.1, 0.15) is 17.4 Å². The summed E-state index contributed by atoms with van der Waals surface area (Å²) in [4.78, 5) is 43.7. The summed E-state index contributed by atoms with van der Waals surface area (Å²) in [5.41, 5.74) is 0.0191. The lowest BCUT2D eigenvalue weighted by Crippen LogP contribution is -2.57. The van der Waals surface area contributed by atoms with Crippen LogP contribution in [0.5, 0.6) is 0 Å². The molecule has 1 aromatic rings. The van der Waals surface area contributed by atoms with Crippen LogP contribution in [0.2, 0.25) is 0 Å². The molecule has 0 saturated carbocycles. The normalized spacial score (nSPS) is 19.1. The number of aromatic nitrogens is 2. The summed E-state index contributed by atoms with van der Waals surface area (Å²) in [6.07, 6.45) is 2.64. The molecule has 1 fully saturated rings. The van der Waals surface area contributed by atoms with Gasteiger partial charge in [-0.25, -0.2) is 9.78 Å². The number of carbonyl (C=O) groups excluding carboxylic acids is 3. The Hall–Kier alpha value is -2.51. The molecule has 0 radical (unpaired) electrons. The zero-order valence-electron chi connectivity index (χ0n) is 10.4. The van der Waals surface area contributed by atoms with Gasteiger partial charge in [0, 0.05) is 0 Å². The summed E-state index contributed by atoms with van der Waals surface area (Å²) in [6.45, 7) is 1.61. The number of imide groups is 1. The zero-order valence-corrected chi connectivity index (χ0v) is 10.4. The van der Waals surface area contributed by atoms with Crippen molar-refractivity contribution in [3.63, 3.8) is 0 Å². The van der Waals surface area contributed by atoms with Gasteiger partial charge in [0.15, 0.2) is 5.69 Å². The fraction of sp³-hybridized carbons (Fsp3) is 0.364. The second-order valence-electron chi connectivity index (χ2n) is 3.97. The smallest absolute Gasteiger partial charge is 0.358 e. The number of rotatable bonds is 2. The summed E-state index contributed by atoms with van der Waals surface area (Å²) in [5, 5.41) is 2.22. The van der Waals surface area contributed by atoms with E-state index < -0.39 is 23.8 Å². The number of hydrogen-bond acceptors (Lipinski definition) is 7. The third kappa shape index (κ3) is 2.51. The van der Waals surface area contributed by atoms with E-state index in [-0.39, 0.29) is 18.1 Å². The van der Waals surface area contributed by atoms with Crippen molar-refractivity contribution in [1.29, 1.82) is 0 Å². The van der Waals surface area contributed by atoms with E-state index in [9.17, 15) is 14.4 Å². The minimum atomic E-state index is -0.630. The largest absolute Gasteiger partial charge is 0.464 e. The number of methoxy groups -OCH3 is 1. The lowest BCUT2D eigenvalue weighted by Gasteiger charge is -2.32. The summed E-state index contributed by atoms with van der Waals surface area (Å²) >= 11 is 0. The van der Waals surface area contributed by atoms with E-state index in [1.54, 1.807) is 6.92 Å². The number of ether oxygens (including phenoxy) is 1. The van der Waals surface area contributed by atoms with Gasteiger partial charge in [-0.05, 0) is 6.92 Å². The molecular formula is C11H12N4O4. The molecule has 1 aromatic heterocycles. The van der Waals surface area contributed by atoms with Crippen LogP contribution in [-0.2, 0) is 14.3 Å². The predicted molar refractivity (Wildman–Crippen MR) is 63.3 cm³/mol. The molecule has 1 aliphatic heterocycles. The molecule has 0 aliphatic carbocycles. The van der Waals surface area contributed by atoms with E-state index >= 15 is 0 Å². The Bertz CT molecular complexity index is 545. The Balaban J connectivity index is 2.32. The van der Waals surface area contributed by atoms with Gasteiger partial charge in [0.25, 0.3) is 0 Å². The van der Waals surface area contributed by atoms with Crippen LogP contribution in [0.15, 0.2) is 12.4 Å². The van der Waals surface area contributed by atoms with Gasteiger partial charge in [-0.15, -0.1) is 0 Å². The summed E-state index contributed by atoms with van der Waals surface area (Å²) in [7, 11) is 1.23. The van der Waals surface area contributed by atoms with Gasteiger partial charge in [0.2, 0.25) is 11.8 Å². The molecule has 2 rings (SSSR count). The Kier molecular flexibility index (Phi) is 3.41. The Morgan fingerprint density at radius 1 is 1.47 bits per heavy atom. The highest BCUT2D eigenvalue weighted by molar-refractivity contribution is 6.04. The standard InChI is InChI=1S/C11H12N4O4/c1-6-10(17)14-9(16)5-15(6)8-4-12-3-7(13-8)11(18)19-2/h3-4,6H,5H2,1-2H3,(H,14,16,17). The fourth-order valence-electron chi connectivity index (χ4n) is 1.69. The minimum Gasteiger partial charge on any atom is -0.464 e. The average molecular weight is 264 g/mol. The van der Waals surface area contributed by atoms with Crippen LogP contribution in [-0.4, -0.2) is 47.4 Å². The van der Waals surface area contributed by atoms with Crippen LogP contribution >= 0.6 is 0 Å². The fourth-order valence-corrected chi connectivity index (χ4v) is 1.69. The average Bonchev–Trinajstić information content (AvgIpc) is 2.42. The van der Waals surface area contributed by atoms with Crippen LogP contribution in [0.3, 0.4) is 0 Å². The summed E-state index contributed by atoms with van der Waals surface area (Å²) < 4.78 is 4.54. The number of hydrogen-bond donors (Lipinski definition) is 1. The number of anilines is 1. The molecule has 8 heteroatoms. The first-order valence-corrected chi connectivity index (χ1v) is 5.53. The number of carbonyl (C=O) groups is 3. The highest BCUT2D eigenvalue weighted by Gasteiger charge is 2.31. The highest BCUT2D eigenvalue weighted by Crippen LogP contribution is 2.16. The van der Waals surface area contributed by atoms with Crippen molar-refractivity contribution < 1.29 is 19.1 Å². The van der Waals surface area contributed by atoms with Crippen molar-refractivity contribution in [1.82, 2.24) is 15.3 Å². The first kappa shape index (κ1) is 12.9. The van der Waals surface area contributed by atoms with E-state index in [4.69, 9.17) is 0 Å². The van der Waals surface area contributed by atoms with Crippen LogP contribution in [0.4, 0.5) is 5.82 Å². The second-order valence-corrected chi connectivity index (χ2v) is 3.97. The molecule has 0 bridgehead atoms. The lowest BCUT2D eigenvalue weighted by atomic mass is 10.2. The third-order valence-corrected chi connectivity index (χ3v) is 2.73. The topological polar surface area (TPSA) is 101 Å². The van der Waals surface area contributed by atoms with Gasteiger partial charge in [-0.3, -0.25) is 19.9 Å². The highest BCUT2D eigenvalue weighted by atomic mass is 16.5. The van der Waals surface area contributed by atoms with Crippen molar-refractivity contribution >= 4 is 23.6 Å². The molecule has 100 valence electrons. The summed E-state index contributed by atoms with van der Waals surface area (Å²) in [6, 6.07) is -0.570. The van der Waals surface area contributed by atoms with Gasteiger partial charge in [-0.2, -0.15) is 0 Å². The van der Waals surface area contributed by atoms with Crippen LogP contribution in [0, 0.1) is 0 Å². The van der Waals surface area contributed by atoms with Crippen molar-refractivity contribution in [2.75, 3.05) is 18.6 Å². The van der Waals surface area contributed by atoms with Gasteiger partial charge in [0.1, 0.15) is 11.9 Å². The molecule has 1 unspecified atom stereocenters. The molecule has 2 heterocycles. The van der Waals surface area contributed by atoms with E-state index in [1.165, 1.54) is 24.4 Å². The monoisotopic (exact) mass is 264 g/mol. The Morgan fingerprint density at radius 3 is 2.89 bits per heavy atom. The Morgan fingerprint density at radius 2 is 2.21 bits per heavy atom. The molecule has 19 heavy (non-hydrogen) atoms. The predicted octanol–water partition coefficient (Wildman–Crippen LogP) is -0.885. The lowest BCUT2D eigenvalue weighted by molar-refractivity contribution is -0.132.